The Morgan fingerprint density at radius 2 is 2.04 bits per heavy atom. The Morgan fingerprint density at radius 3 is 2.83 bits per heavy atom. The fourth-order valence-electron chi connectivity index (χ4n) is 2.95. The number of aromatic nitrogens is 2. The zero-order valence-electron chi connectivity index (χ0n) is 12.6. The molecule has 0 fully saturated rings. The van der Waals surface area contributed by atoms with Gasteiger partial charge in [0.05, 0.1) is 12.5 Å². The van der Waals surface area contributed by atoms with E-state index in [0.29, 0.717) is 11.4 Å². The Kier molecular flexibility index (Phi) is 3.46. The maximum absolute atomic E-state index is 12.5. The van der Waals surface area contributed by atoms with Gasteiger partial charge in [0.1, 0.15) is 22.7 Å². The number of carbonyl (C=O) groups excluding carboxylic acids is 1. The summed E-state index contributed by atoms with van der Waals surface area (Å²) in [6.45, 7) is 0. The Bertz CT molecular complexity index is 887. The molecule has 1 aromatic carbocycles. The van der Waals surface area contributed by atoms with Gasteiger partial charge in [0.25, 0.3) is 5.91 Å². The van der Waals surface area contributed by atoms with Crippen LogP contribution in [0.5, 0.6) is 5.75 Å². The minimum atomic E-state index is -0.175. The van der Waals surface area contributed by atoms with Gasteiger partial charge in [0, 0.05) is 10.4 Å². The number of thiophene rings is 1. The van der Waals surface area contributed by atoms with Gasteiger partial charge < -0.3 is 10.1 Å². The molecule has 4 rings (SSSR count). The summed E-state index contributed by atoms with van der Waals surface area (Å²) in [6.07, 6.45) is 4.81. The van der Waals surface area contributed by atoms with E-state index in [4.69, 9.17) is 4.74 Å². The second-order valence-electron chi connectivity index (χ2n) is 5.44. The van der Waals surface area contributed by atoms with Gasteiger partial charge in [-0.2, -0.15) is 0 Å². The van der Waals surface area contributed by atoms with Crippen LogP contribution in [-0.4, -0.2) is 23.0 Å². The van der Waals surface area contributed by atoms with Crippen LogP contribution in [0.4, 0.5) is 5.82 Å². The van der Waals surface area contributed by atoms with Crippen molar-refractivity contribution in [1.82, 2.24) is 9.97 Å². The van der Waals surface area contributed by atoms with Gasteiger partial charge in [-0.05, 0) is 49.1 Å². The van der Waals surface area contributed by atoms with Crippen molar-refractivity contribution < 1.29 is 9.53 Å². The summed E-state index contributed by atoms with van der Waals surface area (Å²) in [7, 11) is 1.60. The lowest BCUT2D eigenvalue weighted by Gasteiger charge is -2.07. The van der Waals surface area contributed by atoms with Crippen LogP contribution in [0, 0.1) is 0 Å². The number of carbonyl (C=O) groups is 1. The standard InChI is InChI=1S/C17H15N3O2S/c1-22-11-7-5-10(6-8-11)16(21)20-15-14-12-3-2-4-13(12)23-17(14)19-9-18-15/h5-9H,2-4H2,1H3,(H,18,19,20,21). The van der Waals surface area contributed by atoms with E-state index in [1.165, 1.54) is 16.8 Å². The number of benzene rings is 1. The predicted molar refractivity (Wildman–Crippen MR) is 90.4 cm³/mol. The molecule has 1 amide bonds. The molecule has 0 saturated carbocycles. The van der Waals surface area contributed by atoms with Crippen LogP contribution in [0.15, 0.2) is 30.6 Å². The van der Waals surface area contributed by atoms with Crippen LogP contribution in [0.2, 0.25) is 0 Å². The third-order valence-electron chi connectivity index (χ3n) is 4.09. The summed E-state index contributed by atoms with van der Waals surface area (Å²) in [6, 6.07) is 7.02. The van der Waals surface area contributed by atoms with Crippen molar-refractivity contribution in [3.05, 3.63) is 46.6 Å². The molecule has 2 aromatic heterocycles. The van der Waals surface area contributed by atoms with E-state index in [1.54, 1.807) is 42.7 Å². The molecule has 1 N–H and O–H groups in total. The molecular weight excluding hydrogens is 310 g/mol. The van der Waals surface area contributed by atoms with Crippen molar-refractivity contribution in [2.45, 2.75) is 19.3 Å². The molecule has 6 heteroatoms. The Balaban J connectivity index is 1.68. The highest BCUT2D eigenvalue weighted by atomic mass is 32.1. The van der Waals surface area contributed by atoms with Gasteiger partial charge in [-0.3, -0.25) is 4.79 Å². The second-order valence-corrected chi connectivity index (χ2v) is 6.53. The average Bonchev–Trinajstić information content (AvgIpc) is 3.16. The van der Waals surface area contributed by atoms with Gasteiger partial charge in [0.2, 0.25) is 0 Å². The zero-order valence-corrected chi connectivity index (χ0v) is 13.4. The third-order valence-corrected chi connectivity index (χ3v) is 5.29. The molecule has 3 aromatic rings. The fraction of sp³-hybridized carbons (Fsp3) is 0.235. The summed E-state index contributed by atoms with van der Waals surface area (Å²) in [4.78, 5) is 23.4. The lowest BCUT2D eigenvalue weighted by Crippen LogP contribution is -2.13. The third kappa shape index (κ3) is 2.45. The van der Waals surface area contributed by atoms with E-state index in [0.717, 1.165) is 35.2 Å². The number of hydrogen-bond donors (Lipinski definition) is 1. The average molecular weight is 325 g/mol. The van der Waals surface area contributed by atoms with Crippen LogP contribution >= 0.6 is 11.3 Å². The lowest BCUT2D eigenvalue weighted by molar-refractivity contribution is 0.102. The smallest absolute Gasteiger partial charge is 0.256 e. The maximum Gasteiger partial charge on any atom is 0.256 e. The summed E-state index contributed by atoms with van der Waals surface area (Å²) >= 11 is 1.71. The molecule has 23 heavy (non-hydrogen) atoms. The van der Waals surface area contributed by atoms with E-state index in [9.17, 15) is 4.79 Å². The van der Waals surface area contributed by atoms with Gasteiger partial charge in [0.15, 0.2) is 0 Å². The minimum absolute atomic E-state index is 0.175. The molecule has 0 radical (unpaired) electrons. The number of anilines is 1. The van der Waals surface area contributed by atoms with Gasteiger partial charge in [-0.1, -0.05) is 0 Å². The van der Waals surface area contributed by atoms with Crippen molar-refractivity contribution in [3.8, 4) is 5.75 Å². The van der Waals surface area contributed by atoms with E-state index in [-0.39, 0.29) is 5.91 Å². The summed E-state index contributed by atoms with van der Waals surface area (Å²) < 4.78 is 5.11. The molecule has 0 atom stereocenters. The summed E-state index contributed by atoms with van der Waals surface area (Å²) in [5, 5.41) is 3.94. The molecule has 0 spiro atoms. The Morgan fingerprint density at radius 1 is 1.22 bits per heavy atom. The highest BCUT2D eigenvalue weighted by Crippen LogP contribution is 2.39. The highest BCUT2D eigenvalue weighted by molar-refractivity contribution is 7.19. The van der Waals surface area contributed by atoms with Crippen molar-refractivity contribution in [2.75, 3.05) is 12.4 Å². The maximum atomic E-state index is 12.5. The number of nitrogens with one attached hydrogen (secondary N) is 1. The number of amides is 1. The molecule has 5 nitrogen and oxygen atoms in total. The van der Waals surface area contributed by atoms with Crippen LogP contribution in [0.1, 0.15) is 27.2 Å². The van der Waals surface area contributed by atoms with Crippen molar-refractivity contribution >= 4 is 33.3 Å². The Hall–Kier alpha value is -2.47. The molecule has 2 heterocycles. The SMILES string of the molecule is COc1ccc(C(=O)Nc2ncnc3sc4c(c23)CCC4)cc1. The molecule has 0 unspecified atom stereocenters. The number of methoxy groups -OCH3 is 1. The topological polar surface area (TPSA) is 64.1 Å². The molecule has 0 bridgehead atoms. The van der Waals surface area contributed by atoms with E-state index in [2.05, 4.69) is 15.3 Å². The number of rotatable bonds is 3. The van der Waals surface area contributed by atoms with Gasteiger partial charge in [-0.15, -0.1) is 11.3 Å². The van der Waals surface area contributed by atoms with Gasteiger partial charge >= 0.3 is 0 Å². The van der Waals surface area contributed by atoms with E-state index >= 15 is 0 Å². The first-order chi connectivity index (χ1) is 11.3. The fourth-order valence-corrected chi connectivity index (χ4v) is 4.17. The van der Waals surface area contributed by atoms with Crippen molar-refractivity contribution in [2.24, 2.45) is 0 Å². The number of aryl methyl sites for hydroxylation is 2. The van der Waals surface area contributed by atoms with Crippen LogP contribution < -0.4 is 10.1 Å². The van der Waals surface area contributed by atoms with Crippen LogP contribution in [0.3, 0.4) is 0 Å². The first kappa shape index (κ1) is 14.1. The minimum Gasteiger partial charge on any atom is -0.497 e. The van der Waals surface area contributed by atoms with Crippen molar-refractivity contribution in [1.29, 1.82) is 0 Å². The summed E-state index contributed by atoms with van der Waals surface area (Å²) in [5.41, 5.74) is 1.88. The molecular formula is C17H15N3O2S. The normalized spacial score (nSPS) is 13.1. The van der Waals surface area contributed by atoms with E-state index < -0.39 is 0 Å². The molecule has 1 aliphatic rings. The number of fused-ring (bicyclic) bond motifs is 3. The van der Waals surface area contributed by atoms with E-state index in [1.807, 2.05) is 0 Å². The Labute approximate surface area is 137 Å². The molecule has 0 saturated heterocycles. The summed E-state index contributed by atoms with van der Waals surface area (Å²) in [5.74, 6) is 1.16. The molecule has 0 aliphatic heterocycles. The highest BCUT2D eigenvalue weighted by Gasteiger charge is 2.22. The number of nitrogens with zero attached hydrogens (tertiary/aromatic N) is 2. The van der Waals surface area contributed by atoms with Gasteiger partial charge in [-0.25, -0.2) is 9.97 Å². The quantitative estimate of drug-likeness (QED) is 0.801. The molecule has 1 aliphatic carbocycles. The first-order valence-corrected chi connectivity index (χ1v) is 8.28. The lowest BCUT2D eigenvalue weighted by atomic mass is 10.1. The first-order valence-electron chi connectivity index (χ1n) is 7.47. The van der Waals surface area contributed by atoms with Crippen LogP contribution in [-0.2, 0) is 12.8 Å². The van der Waals surface area contributed by atoms with Crippen molar-refractivity contribution in [3.63, 3.8) is 0 Å². The zero-order chi connectivity index (χ0) is 15.8. The van der Waals surface area contributed by atoms with Crippen LogP contribution in [0.25, 0.3) is 10.2 Å². The monoisotopic (exact) mass is 325 g/mol. The second kappa shape index (κ2) is 5.62. The number of ether oxygens (including phenoxy) is 1. The molecule has 116 valence electrons. The number of hydrogen-bond acceptors (Lipinski definition) is 5. The largest absolute Gasteiger partial charge is 0.497 e. The predicted octanol–water partition coefficient (Wildman–Crippen LogP) is 3.44.